The van der Waals surface area contributed by atoms with Gasteiger partial charge in [-0.25, -0.2) is 0 Å². The predicted molar refractivity (Wildman–Crippen MR) is 109 cm³/mol. The summed E-state index contributed by atoms with van der Waals surface area (Å²) in [6, 6.07) is 0.366. The molecule has 1 heterocycles. The zero-order valence-electron chi connectivity index (χ0n) is 17.8. The van der Waals surface area contributed by atoms with Crippen molar-refractivity contribution in [2.75, 3.05) is 13.1 Å². The van der Waals surface area contributed by atoms with Crippen molar-refractivity contribution in [3.63, 3.8) is 0 Å². The standard InChI is InChI=1S/C23H40N2O2/c1-23(2,3)19-13-11-17(12-14-19)22(27)25-15-7-8-18(16-25)21(26)24-20-9-5-4-6-10-20/h17-20H,4-16H2,1-3H3,(H,24,26). The zero-order chi connectivity index (χ0) is 19.4. The smallest absolute Gasteiger partial charge is 0.225 e. The van der Waals surface area contributed by atoms with Gasteiger partial charge in [-0.05, 0) is 62.7 Å². The zero-order valence-corrected chi connectivity index (χ0v) is 17.8. The molecule has 0 spiro atoms. The largest absolute Gasteiger partial charge is 0.353 e. The van der Waals surface area contributed by atoms with Crippen LogP contribution in [0.15, 0.2) is 0 Å². The molecule has 0 aromatic carbocycles. The topological polar surface area (TPSA) is 49.4 Å². The summed E-state index contributed by atoms with van der Waals surface area (Å²) >= 11 is 0. The first-order valence-corrected chi connectivity index (χ1v) is 11.4. The molecular formula is C23H40N2O2. The molecule has 4 nitrogen and oxygen atoms in total. The van der Waals surface area contributed by atoms with E-state index in [1.165, 1.54) is 32.1 Å². The lowest BCUT2D eigenvalue weighted by Crippen LogP contribution is -2.49. The number of hydrogen-bond acceptors (Lipinski definition) is 2. The van der Waals surface area contributed by atoms with Crippen molar-refractivity contribution in [2.45, 2.75) is 97.4 Å². The number of rotatable bonds is 3. The molecule has 154 valence electrons. The maximum Gasteiger partial charge on any atom is 0.225 e. The van der Waals surface area contributed by atoms with E-state index < -0.39 is 0 Å². The average Bonchev–Trinajstić information content (AvgIpc) is 2.68. The summed E-state index contributed by atoms with van der Waals surface area (Å²) in [4.78, 5) is 27.8. The summed E-state index contributed by atoms with van der Waals surface area (Å²) in [6.45, 7) is 8.43. The summed E-state index contributed by atoms with van der Waals surface area (Å²) in [5.74, 6) is 1.42. The highest BCUT2D eigenvalue weighted by atomic mass is 16.2. The first kappa shape index (κ1) is 20.7. The maximum absolute atomic E-state index is 13.1. The SMILES string of the molecule is CC(C)(C)C1CCC(C(=O)N2CCCC(C(=O)NC3CCCCC3)C2)CC1. The Kier molecular flexibility index (Phi) is 6.86. The van der Waals surface area contributed by atoms with Crippen LogP contribution in [0, 0.1) is 23.2 Å². The van der Waals surface area contributed by atoms with Gasteiger partial charge in [-0.1, -0.05) is 40.0 Å². The van der Waals surface area contributed by atoms with E-state index in [9.17, 15) is 9.59 Å². The minimum Gasteiger partial charge on any atom is -0.353 e. The van der Waals surface area contributed by atoms with Crippen LogP contribution in [0.2, 0.25) is 0 Å². The molecular weight excluding hydrogens is 336 g/mol. The molecule has 3 fully saturated rings. The van der Waals surface area contributed by atoms with Crippen molar-refractivity contribution in [1.82, 2.24) is 10.2 Å². The van der Waals surface area contributed by atoms with Crippen LogP contribution in [0.25, 0.3) is 0 Å². The summed E-state index contributed by atoms with van der Waals surface area (Å²) in [6.07, 6.45) is 12.3. The van der Waals surface area contributed by atoms with Crippen LogP contribution in [0.4, 0.5) is 0 Å². The fourth-order valence-corrected chi connectivity index (χ4v) is 5.42. The van der Waals surface area contributed by atoms with E-state index in [-0.39, 0.29) is 17.7 Å². The van der Waals surface area contributed by atoms with Gasteiger partial charge in [0.25, 0.3) is 0 Å². The molecule has 1 atom stereocenters. The summed E-state index contributed by atoms with van der Waals surface area (Å²) in [5.41, 5.74) is 0.349. The number of nitrogens with one attached hydrogen (secondary N) is 1. The molecule has 2 saturated carbocycles. The minimum absolute atomic E-state index is 0.00413. The number of amides is 2. The highest BCUT2D eigenvalue weighted by molar-refractivity contribution is 5.82. The van der Waals surface area contributed by atoms with Crippen LogP contribution < -0.4 is 5.32 Å². The van der Waals surface area contributed by atoms with Gasteiger partial charge >= 0.3 is 0 Å². The highest BCUT2D eigenvalue weighted by Gasteiger charge is 2.36. The third-order valence-electron chi connectivity index (χ3n) is 7.36. The van der Waals surface area contributed by atoms with Crippen molar-refractivity contribution in [3.05, 3.63) is 0 Å². The number of piperidine rings is 1. The molecule has 0 radical (unpaired) electrons. The van der Waals surface area contributed by atoms with Crippen LogP contribution in [0.1, 0.15) is 91.4 Å². The van der Waals surface area contributed by atoms with Gasteiger partial charge in [0.05, 0.1) is 5.92 Å². The molecule has 0 aromatic rings. The Hall–Kier alpha value is -1.06. The van der Waals surface area contributed by atoms with Gasteiger partial charge in [0.1, 0.15) is 0 Å². The fraction of sp³-hybridized carbons (Fsp3) is 0.913. The first-order chi connectivity index (χ1) is 12.8. The van der Waals surface area contributed by atoms with Crippen molar-refractivity contribution in [1.29, 1.82) is 0 Å². The normalized spacial score (nSPS) is 30.8. The Labute approximate surface area is 165 Å². The third-order valence-corrected chi connectivity index (χ3v) is 7.36. The third kappa shape index (κ3) is 5.48. The molecule has 1 unspecified atom stereocenters. The predicted octanol–water partition coefficient (Wildman–Crippen LogP) is 4.53. The highest BCUT2D eigenvalue weighted by Crippen LogP contribution is 2.40. The van der Waals surface area contributed by atoms with Crippen molar-refractivity contribution in [2.24, 2.45) is 23.2 Å². The molecule has 0 bridgehead atoms. The fourth-order valence-electron chi connectivity index (χ4n) is 5.42. The second-order valence-electron chi connectivity index (χ2n) is 10.4. The van der Waals surface area contributed by atoms with Crippen molar-refractivity contribution < 1.29 is 9.59 Å². The molecule has 2 aliphatic carbocycles. The molecule has 4 heteroatoms. The van der Waals surface area contributed by atoms with Crippen LogP contribution >= 0.6 is 0 Å². The first-order valence-electron chi connectivity index (χ1n) is 11.4. The molecule has 27 heavy (non-hydrogen) atoms. The number of carbonyl (C=O) groups excluding carboxylic acids is 2. The summed E-state index contributed by atoms with van der Waals surface area (Å²) in [7, 11) is 0. The molecule has 1 N–H and O–H groups in total. The second-order valence-corrected chi connectivity index (χ2v) is 10.4. The van der Waals surface area contributed by atoms with Gasteiger partial charge in [0, 0.05) is 25.0 Å². The Morgan fingerprint density at radius 3 is 2.11 bits per heavy atom. The van der Waals surface area contributed by atoms with Gasteiger partial charge in [-0.3, -0.25) is 9.59 Å². The van der Waals surface area contributed by atoms with E-state index in [0.717, 1.165) is 51.0 Å². The van der Waals surface area contributed by atoms with Crippen LogP contribution in [0.5, 0.6) is 0 Å². The number of nitrogens with zero attached hydrogens (tertiary/aromatic N) is 1. The quantitative estimate of drug-likeness (QED) is 0.787. The Morgan fingerprint density at radius 1 is 0.815 bits per heavy atom. The maximum atomic E-state index is 13.1. The Morgan fingerprint density at radius 2 is 1.48 bits per heavy atom. The van der Waals surface area contributed by atoms with Crippen LogP contribution in [-0.2, 0) is 9.59 Å². The summed E-state index contributed by atoms with van der Waals surface area (Å²) < 4.78 is 0. The van der Waals surface area contributed by atoms with E-state index in [0.29, 0.717) is 23.9 Å². The summed E-state index contributed by atoms with van der Waals surface area (Å²) in [5, 5.41) is 3.27. The minimum atomic E-state index is -0.00413. The number of hydrogen-bond donors (Lipinski definition) is 1. The number of likely N-dealkylation sites (tertiary alicyclic amines) is 1. The van der Waals surface area contributed by atoms with Crippen LogP contribution in [-0.4, -0.2) is 35.8 Å². The van der Waals surface area contributed by atoms with E-state index >= 15 is 0 Å². The monoisotopic (exact) mass is 376 g/mol. The van der Waals surface area contributed by atoms with E-state index in [2.05, 4.69) is 26.1 Å². The van der Waals surface area contributed by atoms with E-state index in [1.807, 2.05) is 4.90 Å². The van der Waals surface area contributed by atoms with Crippen molar-refractivity contribution >= 4 is 11.8 Å². The Bertz CT molecular complexity index is 511. The second kappa shape index (κ2) is 8.96. The van der Waals surface area contributed by atoms with Gasteiger partial charge in [0.2, 0.25) is 11.8 Å². The molecule has 3 rings (SSSR count). The van der Waals surface area contributed by atoms with Gasteiger partial charge < -0.3 is 10.2 Å². The Balaban J connectivity index is 1.48. The molecule has 2 amide bonds. The number of carbonyl (C=O) groups is 2. The lowest BCUT2D eigenvalue weighted by molar-refractivity contribution is -0.140. The van der Waals surface area contributed by atoms with Crippen molar-refractivity contribution in [3.8, 4) is 0 Å². The van der Waals surface area contributed by atoms with Gasteiger partial charge in [0.15, 0.2) is 0 Å². The molecule has 3 aliphatic rings. The van der Waals surface area contributed by atoms with Gasteiger partial charge in [-0.15, -0.1) is 0 Å². The lowest BCUT2D eigenvalue weighted by Gasteiger charge is -2.39. The molecule has 0 aromatic heterocycles. The van der Waals surface area contributed by atoms with Gasteiger partial charge in [-0.2, -0.15) is 0 Å². The van der Waals surface area contributed by atoms with E-state index in [4.69, 9.17) is 0 Å². The molecule has 1 aliphatic heterocycles. The lowest BCUT2D eigenvalue weighted by atomic mass is 9.69. The molecule has 1 saturated heterocycles. The average molecular weight is 377 g/mol. The van der Waals surface area contributed by atoms with Crippen LogP contribution in [0.3, 0.4) is 0 Å². The van der Waals surface area contributed by atoms with E-state index in [1.54, 1.807) is 0 Å².